The molecule has 7 heteroatoms. The van der Waals surface area contributed by atoms with Gasteiger partial charge in [0.25, 0.3) is 0 Å². The number of urea groups is 1. The van der Waals surface area contributed by atoms with Gasteiger partial charge in [-0.15, -0.1) is 0 Å². The number of hydrogen-bond acceptors (Lipinski definition) is 4. The zero-order chi connectivity index (χ0) is 14.7. The Bertz CT molecular complexity index is 562. The number of ether oxygens (including phenoxy) is 1. The molecule has 1 aliphatic heterocycles. The first-order valence-electron chi connectivity index (χ1n) is 6.07. The Morgan fingerprint density at radius 3 is 2.80 bits per heavy atom. The van der Waals surface area contributed by atoms with Gasteiger partial charge in [-0.3, -0.25) is 9.69 Å². The molecule has 0 radical (unpaired) electrons. The molecule has 2 N–H and O–H groups in total. The van der Waals surface area contributed by atoms with Crippen molar-refractivity contribution >= 4 is 29.1 Å². The van der Waals surface area contributed by atoms with Gasteiger partial charge in [-0.2, -0.15) is 0 Å². The van der Waals surface area contributed by atoms with E-state index in [1.165, 1.54) is 9.80 Å². The van der Waals surface area contributed by atoms with Crippen molar-refractivity contribution in [2.45, 2.75) is 0 Å². The van der Waals surface area contributed by atoms with Crippen LogP contribution in [0.15, 0.2) is 24.3 Å². The minimum Gasteiger partial charge on any atom is -0.492 e. The summed E-state index contributed by atoms with van der Waals surface area (Å²) in [6.45, 7) is 0.571. The molecule has 1 aromatic rings. The van der Waals surface area contributed by atoms with E-state index in [1.54, 1.807) is 31.3 Å². The molecule has 3 amide bonds. The first-order valence-corrected chi connectivity index (χ1v) is 6.48. The number of imide groups is 1. The fourth-order valence-electron chi connectivity index (χ4n) is 1.88. The lowest BCUT2D eigenvalue weighted by Crippen LogP contribution is -2.35. The van der Waals surface area contributed by atoms with Gasteiger partial charge in [0.15, 0.2) is 0 Å². The second-order valence-corrected chi connectivity index (χ2v) is 4.86. The van der Waals surface area contributed by atoms with Crippen molar-refractivity contribution in [2.24, 2.45) is 5.73 Å². The van der Waals surface area contributed by atoms with E-state index in [0.29, 0.717) is 16.3 Å². The summed E-state index contributed by atoms with van der Waals surface area (Å²) >= 11 is 4.88. The number of thiocarbonyl (C=S) groups is 1. The highest BCUT2D eigenvalue weighted by Gasteiger charge is 2.32. The SMILES string of the molecule is CN1CC(=O)N(CCOc2cccc(C(N)=S)c2)C1=O. The summed E-state index contributed by atoms with van der Waals surface area (Å²) in [7, 11) is 1.59. The lowest BCUT2D eigenvalue weighted by molar-refractivity contribution is -0.125. The molecule has 6 nitrogen and oxygen atoms in total. The van der Waals surface area contributed by atoms with Crippen LogP contribution in [0.4, 0.5) is 4.79 Å². The van der Waals surface area contributed by atoms with E-state index in [9.17, 15) is 9.59 Å². The molecule has 0 unspecified atom stereocenters. The molecule has 0 saturated carbocycles. The van der Waals surface area contributed by atoms with Crippen LogP contribution in [-0.4, -0.2) is 53.5 Å². The number of amides is 3. The predicted octanol–water partition coefficient (Wildman–Crippen LogP) is 0.594. The van der Waals surface area contributed by atoms with Crippen LogP contribution in [0.3, 0.4) is 0 Å². The Hall–Kier alpha value is -2.15. The minimum absolute atomic E-state index is 0.121. The van der Waals surface area contributed by atoms with Crippen LogP contribution in [-0.2, 0) is 4.79 Å². The van der Waals surface area contributed by atoms with Crippen molar-refractivity contribution < 1.29 is 14.3 Å². The van der Waals surface area contributed by atoms with E-state index in [4.69, 9.17) is 22.7 Å². The number of carbonyl (C=O) groups excluding carboxylic acids is 2. The number of benzene rings is 1. The van der Waals surface area contributed by atoms with Crippen LogP contribution in [0, 0.1) is 0 Å². The van der Waals surface area contributed by atoms with Crippen LogP contribution >= 0.6 is 12.2 Å². The molecule has 0 aliphatic carbocycles. The normalized spacial score (nSPS) is 14.8. The van der Waals surface area contributed by atoms with Crippen molar-refractivity contribution in [3.8, 4) is 5.75 Å². The number of nitrogens with two attached hydrogens (primary N) is 1. The fraction of sp³-hybridized carbons (Fsp3) is 0.308. The molecular weight excluding hydrogens is 278 g/mol. The Kier molecular flexibility index (Phi) is 4.19. The van der Waals surface area contributed by atoms with Gasteiger partial charge in [-0.05, 0) is 12.1 Å². The second kappa shape index (κ2) is 5.87. The van der Waals surface area contributed by atoms with Crippen molar-refractivity contribution in [2.75, 3.05) is 26.7 Å². The highest BCUT2D eigenvalue weighted by atomic mass is 32.1. The maximum absolute atomic E-state index is 11.6. The average molecular weight is 293 g/mol. The Balaban J connectivity index is 1.90. The van der Waals surface area contributed by atoms with E-state index < -0.39 is 0 Å². The number of likely N-dealkylation sites (N-methyl/N-ethyl adjacent to an activating group) is 1. The van der Waals surface area contributed by atoms with Gasteiger partial charge in [-0.1, -0.05) is 24.4 Å². The van der Waals surface area contributed by atoms with E-state index in [0.717, 1.165) is 0 Å². The first-order chi connectivity index (χ1) is 9.49. The lowest BCUT2D eigenvalue weighted by atomic mass is 10.2. The Labute approximate surface area is 122 Å². The summed E-state index contributed by atoms with van der Waals surface area (Å²) in [6, 6.07) is 6.76. The monoisotopic (exact) mass is 293 g/mol. The average Bonchev–Trinajstić information content (AvgIpc) is 2.65. The molecule has 1 aliphatic rings. The van der Waals surface area contributed by atoms with Crippen LogP contribution in [0.2, 0.25) is 0 Å². The lowest BCUT2D eigenvalue weighted by Gasteiger charge is -2.14. The minimum atomic E-state index is -0.296. The molecule has 1 fully saturated rings. The third-order valence-corrected chi connectivity index (χ3v) is 3.17. The smallest absolute Gasteiger partial charge is 0.327 e. The Morgan fingerprint density at radius 2 is 2.20 bits per heavy atom. The van der Waals surface area contributed by atoms with Crippen LogP contribution in [0.5, 0.6) is 5.75 Å². The zero-order valence-corrected chi connectivity index (χ0v) is 11.9. The molecule has 106 valence electrons. The fourth-order valence-corrected chi connectivity index (χ4v) is 2.01. The number of hydrogen-bond donors (Lipinski definition) is 1. The summed E-state index contributed by atoms with van der Waals surface area (Å²) in [4.78, 5) is 26.0. The van der Waals surface area contributed by atoms with Crippen molar-refractivity contribution in [3.63, 3.8) is 0 Å². The summed E-state index contributed by atoms with van der Waals surface area (Å²) in [5, 5.41) is 0. The van der Waals surface area contributed by atoms with Gasteiger partial charge in [0.2, 0.25) is 5.91 Å². The summed E-state index contributed by atoms with van der Waals surface area (Å²) in [5.74, 6) is 0.390. The van der Waals surface area contributed by atoms with Crippen LogP contribution < -0.4 is 10.5 Å². The van der Waals surface area contributed by atoms with E-state index in [2.05, 4.69) is 0 Å². The molecule has 2 rings (SSSR count). The summed E-state index contributed by atoms with van der Waals surface area (Å²) in [5.41, 5.74) is 6.25. The molecule has 1 saturated heterocycles. The molecule has 0 atom stereocenters. The van der Waals surface area contributed by atoms with Crippen molar-refractivity contribution in [3.05, 3.63) is 29.8 Å². The standard InChI is InChI=1S/C13H15N3O3S/c1-15-8-11(17)16(13(15)18)5-6-19-10-4-2-3-9(7-10)12(14)20/h2-4,7H,5-6,8H2,1H3,(H2,14,20). The zero-order valence-electron chi connectivity index (χ0n) is 11.0. The number of rotatable bonds is 5. The van der Waals surface area contributed by atoms with E-state index in [-0.39, 0.29) is 31.6 Å². The third-order valence-electron chi connectivity index (χ3n) is 2.93. The quantitative estimate of drug-likeness (QED) is 0.635. The largest absolute Gasteiger partial charge is 0.492 e. The topological polar surface area (TPSA) is 75.9 Å². The van der Waals surface area contributed by atoms with Gasteiger partial charge in [0, 0.05) is 12.6 Å². The summed E-state index contributed by atoms with van der Waals surface area (Å²) < 4.78 is 5.51. The van der Waals surface area contributed by atoms with Crippen LogP contribution in [0.1, 0.15) is 5.56 Å². The number of carbonyl (C=O) groups is 2. The molecule has 1 aromatic carbocycles. The van der Waals surface area contributed by atoms with Gasteiger partial charge < -0.3 is 15.4 Å². The van der Waals surface area contributed by atoms with E-state index in [1.807, 2.05) is 0 Å². The van der Waals surface area contributed by atoms with Gasteiger partial charge >= 0.3 is 6.03 Å². The molecule has 0 spiro atoms. The van der Waals surface area contributed by atoms with Gasteiger partial charge in [0.1, 0.15) is 23.9 Å². The predicted molar refractivity (Wildman–Crippen MR) is 77.6 cm³/mol. The van der Waals surface area contributed by atoms with Gasteiger partial charge in [0.05, 0.1) is 6.54 Å². The number of nitrogens with zero attached hydrogens (tertiary/aromatic N) is 2. The third kappa shape index (κ3) is 3.05. The highest BCUT2D eigenvalue weighted by Crippen LogP contribution is 2.14. The Morgan fingerprint density at radius 1 is 1.45 bits per heavy atom. The molecule has 1 heterocycles. The molecule has 0 aromatic heterocycles. The van der Waals surface area contributed by atoms with E-state index >= 15 is 0 Å². The molecule has 20 heavy (non-hydrogen) atoms. The second-order valence-electron chi connectivity index (χ2n) is 4.42. The van der Waals surface area contributed by atoms with Crippen LogP contribution in [0.25, 0.3) is 0 Å². The van der Waals surface area contributed by atoms with Crippen molar-refractivity contribution in [1.82, 2.24) is 9.80 Å². The molecule has 0 bridgehead atoms. The summed E-state index contributed by atoms with van der Waals surface area (Å²) in [6.07, 6.45) is 0. The maximum atomic E-state index is 11.6. The first kappa shape index (κ1) is 14.3. The van der Waals surface area contributed by atoms with Crippen molar-refractivity contribution in [1.29, 1.82) is 0 Å². The maximum Gasteiger partial charge on any atom is 0.327 e. The highest BCUT2D eigenvalue weighted by molar-refractivity contribution is 7.80. The van der Waals surface area contributed by atoms with Gasteiger partial charge in [-0.25, -0.2) is 4.79 Å². The molecular formula is C13H15N3O3S.